The molecule has 0 aromatic heterocycles. The number of carbonyl (C=O) groups is 1. The van der Waals surface area contributed by atoms with Crippen molar-refractivity contribution in [2.24, 2.45) is 0 Å². The maximum Gasteiger partial charge on any atom is 0.490 e. The number of hydrogen-bond acceptors (Lipinski definition) is 6. The van der Waals surface area contributed by atoms with E-state index < -0.39 is 13.0 Å². The minimum absolute atomic E-state index is 0.0685. The number of nitrogens with one attached hydrogen (secondary N) is 2. The van der Waals surface area contributed by atoms with Gasteiger partial charge in [-0.1, -0.05) is 6.07 Å². The molecule has 0 atom stereocenters. The summed E-state index contributed by atoms with van der Waals surface area (Å²) < 4.78 is 4.74. The highest BCUT2D eigenvalue weighted by Crippen LogP contribution is 2.10. The van der Waals surface area contributed by atoms with Gasteiger partial charge in [-0.25, -0.2) is 0 Å². The summed E-state index contributed by atoms with van der Waals surface area (Å²) in [7, 11) is -0.450. The van der Waals surface area contributed by atoms with Crippen LogP contribution in [0.4, 0.5) is 5.69 Å². The van der Waals surface area contributed by atoms with Gasteiger partial charge in [0.2, 0.25) is 11.8 Å². The molecule has 0 aliphatic carbocycles. The Balaban J connectivity index is 3.12. The predicted molar refractivity (Wildman–Crippen MR) is 69.0 cm³/mol. The van der Waals surface area contributed by atoms with Crippen LogP contribution in [0.25, 0.3) is 0 Å². The van der Waals surface area contributed by atoms with Gasteiger partial charge in [0.1, 0.15) is 6.42 Å². The quantitative estimate of drug-likeness (QED) is 0.320. The van der Waals surface area contributed by atoms with Gasteiger partial charge in [-0.05, 0) is 12.1 Å². The Morgan fingerprint density at radius 1 is 1.58 bits per heavy atom. The zero-order valence-corrected chi connectivity index (χ0v) is 10.2. The second-order valence-electron chi connectivity index (χ2n) is 3.59. The lowest BCUT2D eigenvalue weighted by molar-refractivity contribution is -0.115. The molecule has 1 amide bonds. The van der Waals surface area contributed by atoms with E-state index in [1.807, 2.05) is 0 Å². The average Bonchev–Trinajstić information content (AvgIpc) is 2.37. The lowest BCUT2D eigenvalue weighted by atomic mass is 9.78. The van der Waals surface area contributed by atoms with Crippen LogP contribution in [0.1, 0.15) is 12.0 Å². The zero-order valence-electron chi connectivity index (χ0n) is 10.2. The Labute approximate surface area is 110 Å². The lowest BCUT2D eigenvalue weighted by Gasteiger charge is -2.12. The number of hydrogen-bond donors (Lipinski definition) is 4. The number of nitrogens with zero attached hydrogens (tertiary/aromatic N) is 1. The third-order valence-electron chi connectivity index (χ3n) is 2.31. The summed E-state index contributed by atoms with van der Waals surface area (Å²) in [6, 6.07) is 5.87. The molecular formula is C11H12BN3O4. The number of rotatable bonds is 4. The minimum Gasteiger partial charge on any atom is -0.481 e. The lowest BCUT2D eigenvalue weighted by Crippen LogP contribution is -2.33. The fraction of sp³-hybridized carbons (Fsp3) is 0.182. The van der Waals surface area contributed by atoms with E-state index in [0.29, 0.717) is 5.56 Å². The molecule has 0 aliphatic heterocycles. The van der Waals surface area contributed by atoms with Gasteiger partial charge >= 0.3 is 7.12 Å². The summed E-state index contributed by atoms with van der Waals surface area (Å²) in [6.07, 6.45) is -0.354. The zero-order chi connectivity index (χ0) is 14.4. The van der Waals surface area contributed by atoms with E-state index in [1.165, 1.54) is 25.3 Å². The molecule has 0 heterocycles. The molecule has 19 heavy (non-hydrogen) atoms. The molecule has 0 saturated heterocycles. The van der Waals surface area contributed by atoms with Crippen LogP contribution in [-0.4, -0.2) is 36.1 Å². The average molecular weight is 261 g/mol. The van der Waals surface area contributed by atoms with Crippen LogP contribution in [0.3, 0.4) is 0 Å². The number of amides is 1. The molecule has 8 heteroatoms. The maximum atomic E-state index is 11.4. The van der Waals surface area contributed by atoms with Crippen molar-refractivity contribution in [3.05, 3.63) is 23.8 Å². The van der Waals surface area contributed by atoms with E-state index in [9.17, 15) is 14.8 Å². The van der Waals surface area contributed by atoms with E-state index in [0.717, 1.165) is 0 Å². The predicted octanol–water partition coefficient (Wildman–Crippen LogP) is -0.810. The molecule has 0 bridgehead atoms. The van der Waals surface area contributed by atoms with E-state index in [2.05, 4.69) is 5.32 Å². The van der Waals surface area contributed by atoms with Crippen molar-refractivity contribution < 1.29 is 19.6 Å². The SMILES string of the molecule is COC(=N)c1ccc(B(O)O)c(NC(=O)CC#N)c1. The molecular weight excluding hydrogens is 249 g/mol. The van der Waals surface area contributed by atoms with E-state index in [1.54, 1.807) is 6.07 Å². The smallest absolute Gasteiger partial charge is 0.481 e. The Hall–Kier alpha value is -2.37. The van der Waals surface area contributed by atoms with E-state index in [-0.39, 0.29) is 23.5 Å². The molecule has 98 valence electrons. The third-order valence-corrected chi connectivity index (χ3v) is 2.31. The maximum absolute atomic E-state index is 11.4. The van der Waals surface area contributed by atoms with Gasteiger partial charge in [0.05, 0.1) is 13.2 Å². The van der Waals surface area contributed by atoms with Gasteiger partial charge < -0.3 is 20.1 Å². The molecule has 0 saturated carbocycles. The van der Waals surface area contributed by atoms with Gasteiger partial charge in [-0.15, -0.1) is 0 Å². The van der Waals surface area contributed by atoms with Crippen molar-refractivity contribution in [1.82, 2.24) is 0 Å². The highest BCUT2D eigenvalue weighted by Gasteiger charge is 2.18. The molecule has 0 aliphatic rings. The van der Waals surface area contributed by atoms with Crippen LogP contribution in [-0.2, 0) is 9.53 Å². The van der Waals surface area contributed by atoms with Crippen LogP contribution >= 0.6 is 0 Å². The molecule has 1 rings (SSSR count). The summed E-state index contributed by atoms with van der Waals surface area (Å²) in [4.78, 5) is 11.4. The van der Waals surface area contributed by atoms with Crippen LogP contribution in [0, 0.1) is 16.7 Å². The van der Waals surface area contributed by atoms with Crippen LogP contribution in [0.2, 0.25) is 0 Å². The standard InChI is InChI=1S/C11H12BN3O4/c1-19-11(14)7-2-3-8(12(17)18)9(6-7)15-10(16)4-5-13/h2-3,6,14,17-18H,4H2,1H3,(H,15,16). The number of nitriles is 1. The molecule has 7 nitrogen and oxygen atoms in total. The van der Waals surface area contributed by atoms with E-state index >= 15 is 0 Å². The van der Waals surface area contributed by atoms with Crippen molar-refractivity contribution in [1.29, 1.82) is 10.7 Å². The first kappa shape index (κ1) is 14.7. The molecule has 4 N–H and O–H groups in total. The Kier molecular flexibility index (Phi) is 5.06. The van der Waals surface area contributed by atoms with Crippen molar-refractivity contribution >= 4 is 30.1 Å². The van der Waals surface area contributed by atoms with Gasteiger partial charge in [0.15, 0.2) is 0 Å². The molecule has 1 aromatic carbocycles. The summed E-state index contributed by atoms with van der Waals surface area (Å²) in [5.74, 6) is -0.708. The van der Waals surface area contributed by atoms with Crippen LogP contribution < -0.4 is 10.8 Å². The largest absolute Gasteiger partial charge is 0.490 e. The van der Waals surface area contributed by atoms with E-state index in [4.69, 9.17) is 15.4 Å². The summed E-state index contributed by atoms with van der Waals surface area (Å²) in [5, 5.41) is 36.7. The summed E-state index contributed by atoms with van der Waals surface area (Å²) >= 11 is 0. The van der Waals surface area contributed by atoms with Crippen molar-refractivity contribution in [3.8, 4) is 6.07 Å². The molecule has 1 aromatic rings. The molecule has 0 spiro atoms. The number of anilines is 1. The first-order chi connectivity index (χ1) is 8.99. The van der Waals surface area contributed by atoms with Crippen LogP contribution in [0.15, 0.2) is 18.2 Å². The first-order valence-corrected chi connectivity index (χ1v) is 5.29. The van der Waals surface area contributed by atoms with Crippen LogP contribution in [0.5, 0.6) is 0 Å². The van der Waals surface area contributed by atoms with Crippen molar-refractivity contribution in [2.45, 2.75) is 6.42 Å². The van der Waals surface area contributed by atoms with Gasteiger partial charge in [0.25, 0.3) is 0 Å². The van der Waals surface area contributed by atoms with Crippen molar-refractivity contribution in [3.63, 3.8) is 0 Å². The molecule has 0 unspecified atom stereocenters. The van der Waals surface area contributed by atoms with Crippen molar-refractivity contribution in [2.75, 3.05) is 12.4 Å². The normalized spacial score (nSPS) is 9.37. The van der Waals surface area contributed by atoms with Gasteiger partial charge in [-0.2, -0.15) is 5.26 Å². The Bertz CT molecular complexity index is 539. The fourth-order valence-corrected chi connectivity index (χ4v) is 1.41. The third kappa shape index (κ3) is 3.81. The number of methoxy groups -OCH3 is 1. The number of ether oxygens (including phenoxy) is 1. The highest BCUT2D eigenvalue weighted by atomic mass is 16.5. The monoisotopic (exact) mass is 261 g/mol. The number of carbonyl (C=O) groups excluding carboxylic acids is 1. The summed E-state index contributed by atoms with van der Waals surface area (Å²) in [6.45, 7) is 0. The van der Waals surface area contributed by atoms with Gasteiger partial charge in [0, 0.05) is 16.7 Å². The second kappa shape index (κ2) is 6.54. The van der Waals surface area contributed by atoms with Gasteiger partial charge in [-0.3, -0.25) is 10.2 Å². The number of benzene rings is 1. The molecule has 0 radical (unpaired) electrons. The minimum atomic E-state index is -1.77. The fourth-order valence-electron chi connectivity index (χ4n) is 1.41. The summed E-state index contributed by atoms with van der Waals surface area (Å²) in [5.41, 5.74) is 0.549. The highest BCUT2D eigenvalue weighted by molar-refractivity contribution is 6.60. The first-order valence-electron chi connectivity index (χ1n) is 5.29. The topological polar surface area (TPSA) is 126 Å². The Morgan fingerprint density at radius 3 is 2.79 bits per heavy atom. The second-order valence-corrected chi connectivity index (χ2v) is 3.59. The molecule has 0 fully saturated rings. The Morgan fingerprint density at radius 2 is 2.26 bits per heavy atom.